The van der Waals surface area contributed by atoms with Gasteiger partial charge in [-0.25, -0.2) is 9.97 Å². The molecule has 1 aliphatic heterocycles. The van der Waals surface area contributed by atoms with Crippen LogP contribution in [0.1, 0.15) is 55.3 Å². The van der Waals surface area contributed by atoms with Gasteiger partial charge in [-0.2, -0.15) is 0 Å². The molecule has 0 aliphatic carbocycles. The van der Waals surface area contributed by atoms with Gasteiger partial charge >= 0.3 is 0 Å². The summed E-state index contributed by atoms with van der Waals surface area (Å²) in [4.78, 5) is 36.3. The van der Waals surface area contributed by atoms with Crippen LogP contribution in [0, 0.1) is 0 Å². The van der Waals surface area contributed by atoms with Crippen LogP contribution in [0.5, 0.6) is 0 Å². The van der Waals surface area contributed by atoms with Crippen LogP contribution in [0.15, 0.2) is 12.4 Å². The summed E-state index contributed by atoms with van der Waals surface area (Å²) in [5.74, 6) is 0.692. The third-order valence-corrected chi connectivity index (χ3v) is 4.78. The number of aliphatic hydroxyl groups excluding tert-OH is 1. The van der Waals surface area contributed by atoms with E-state index in [2.05, 4.69) is 26.8 Å². The number of hydrogen-bond acceptors (Lipinski definition) is 7. The Morgan fingerprint density at radius 2 is 1.54 bits per heavy atom. The lowest BCUT2D eigenvalue weighted by molar-refractivity contribution is -0.121. The zero-order chi connectivity index (χ0) is 18.8. The van der Waals surface area contributed by atoms with Crippen molar-refractivity contribution in [1.82, 2.24) is 14.9 Å². The number of carbonyl (C=O) groups is 2. The maximum atomic E-state index is 12.2. The van der Waals surface area contributed by atoms with Crippen molar-refractivity contribution in [3.05, 3.63) is 18.0 Å². The fourth-order valence-corrected chi connectivity index (χ4v) is 3.00. The van der Waals surface area contributed by atoms with E-state index >= 15 is 0 Å². The first-order valence-electron chi connectivity index (χ1n) is 9.51. The summed E-state index contributed by atoms with van der Waals surface area (Å²) in [5.41, 5.74) is 0.580. The molecule has 0 aromatic carbocycles. The minimum Gasteiger partial charge on any atom is -0.389 e. The predicted molar refractivity (Wildman–Crippen MR) is 100 cm³/mol. The van der Waals surface area contributed by atoms with Crippen molar-refractivity contribution in [2.24, 2.45) is 0 Å². The zero-order valence-corrected chi connectivity index (χ0v) is 15.7. The van der Waals surface area contributed by atoms with Gasteiger partial charge in [-0.3, -0.25) is 9.59 Å². The highest BCUT2D eigenvalue weighted by molar-refractivity contribution is 5.95. The van der Waals surface area contributed by atoms with Gasteiger partial charge < -0.3 is 14.9 Å². The Labute approximate surface area is 155 Å². The number of hydrogen-bond donors (Lipinski definition) is 1. The van der Waals surface area contributed by atoms with Gasteiger partial charge in [0.1, 0.15) is 6.61 Å². The first-order chi connectivity index (χ1) is 12.6. The van der Waals surface area contributed by atoms with E-state index in [1.54, 1.807) is 12.4 Å². The minimum absolute atomic E-state index is 0.0883. The Hall–Kier alpha value is -1.86. The molecule has 0 amide bonds. The number of Topliss-reactive ketones (excluding diaryl/α,β-unsaturated/α-hetero) is 2. The van der Waals surface area contributed by atoms with Crippen molar-refractivity contribution in [2.45, 2.75) is 44.9 Å². The molecule has 1 aromatic heterocycles. The van der Waals surface area contributed by atoms with E-state index in [4.69, 9.17) is 5.11 Å². The van der Waals surface area contributed by atoms with Crippen LogP contribution >= 0.6 is 0 Å². The van der Waals surface area contributed by atoms with Gasteiger partial charge in [-0.15, -0.1) is 0 Å². The highest BCUT2D eigenvalue weighted by Gasteiger charge is 2.16. The summed E-state index contributed by atoms with van der Waals surface area (Å²) in [6, 6.07) is 0. The average molecular weight is 362 g/mol. The Bertz CT molecular complexity index is 569. The molecule has 7 heteroatoms. The third kappa shape index (κ3) is 6.80. The Kier molecular flexibility index (Phi) is 8.64. The Morgan fingerprint density at radius 3 is 2.15 bits per heavy atom. The van der Waals surface area contributed by atoms with E-state index in [9.17, 15) is 9.59 Å². The third-order valence-electron chi connectivity index (χ3n) is 4.78. The molecule has 0 radical (unpaired) electrons. The molecule has 2 heterocycles. The molecule has 1 fully saturated rings. The minimum atomic E-state index is -0.357. The van der Waals surface area contributed by atoms with E-state index < -0.39 is 0 Å². The summed E-state index contributed by atoms with van der Waals surface area (Å²) >= 11 is 0. The van der Waals surface area contributed by atoms with Crippen LogP contribution in [0.3, 0.4) is 0 Å². The van der Waals surface area contributed by atoms with Crippen molar-refractivity contribution in [3.8, 4) is 0 Å². The predicted octanol–water partition coefficient (Wildman–Crippen LogP) is 1.70. The average Bonchev–Trinajstić information content (AvgIpc) is 2.67. The Morgan fingerprint density at radius 1 is 0.962 bits per heavy atom. The fraction of sp³-hybridized carbons (Fsp3) is 0.684. The van der Waals surface area contributed by atoms with Crippen molar-refractivity contribution < 1.29 is 14.7 Å². The number of rotatable bonds is 11. The molecule has 0 spiro atoms. The van der Waals surface area contributed by atoms with E-state index in [0.29, 0.717) is 24.4 Å². The lowest BCUT2D eigenvalue weighted by atomic mass is 10.0. The highest BCUT2D eigenvalue weighted by Crippen LogP contribution is 2.13. The van der Waals surface area contributed by atoms with Crippen molar-refractivity contribution in [3.63, 3.8) is 0 Å². The summed E-state index contributed by atoms with van der Waals surface area (Å²) in [6.45, 7) is 3.46. The molecule has 0 atom stereocenters. The lowest BCUT2D eigenvalue weighted by Crippen LogP contribution is -2.45. The molecule has 1 saturated heterocycles. The second-order valence-electron chi connectivity index (χ2n) is 6.95. The molecule has 1 aliphatic rings. The molecule has 0 bridgehead atoms. The fourth-order valence-electron chi connectivity index (χ4n) is 3.00. The molecule has 26 heavy (non-hydrogen) atoms. The number of aromatic nitrogens is 2. The SMILES string of the molecule is CN1CCN(c2ncc(C(=O)CCCCCCCC(=O)CO)cn2)CC1. The van der Waals surface area contributed by atoms with Gasteiger partial charge in [-0.05, 0) is 19.9 Å². The molecule has 1 N–H and O–H groups in total. The number of carbonyl (C=O) groups excluding carboxylic acids is 2. The second kappa shape index (κ2) is 11.0. The first-order valence-corrected chi connectivity index (χ1v) is 9.51. The molecular formula is C19H30N4O3. The summed E-state index contributed by atoms with van der Waals surface area (Å²) in [7, 11) is 2.11. The topological polar surface area (TPSA) is 86.6 Å². The Balaban J connectivity index is 1.64. The van der Waals surface area contributed by atoms with Crippen LogP contribution in [0.2, 0.25) is 0 Å². The van der Waals surface area contributed by atoms with Crippen LogP contribution < -0.4 is 4.90 Å². The van der Waals surface area contributed by atoms with Crippen molar-refractivity contribution in [1.29, 1.82) is 0 Å². The molecule has 1 aromatic rings. The summed E-state index contributed by atoms with van der Waals surface area (Å²) < 4.78 is 0. The molecule has 0 saturated carbocycles. The standard InChI is InChI=1S/C19H30N4O3/c1-22-9-11-23(12-10-22)19-20-13-16(14-21-19)18(26)8-6-4-2-3-5-7-17(25)15-24/h13-14,24H,2-12,15H2,1H3. The van der Waals surface area contributed by atoms with Gasteiger partial charge in [-0.1, -0.05) is 19.3 Å². The van der Waals surface area contributed by atoms with Gasteiger partial charge in [0.15, 0.2) is 11.6 Å². The van der Waals surface area contributed by atoms with E-state index in [-0.39, 0.29) is 18.2 Å². The van der Waals surface area contributed by atoms with E-state index in [1.807, 2.05) is 0 Å². The second-order valence-corrected chi connectivity index (χ2v) is 6.95. The molecule has 2 rings (SSSR count). The van der Waals surface area contributed by atoms with Crippen LogP contribution in [0.4, 0.5) is 5.95 Å². The quantitative estimate of drug-likeness (QED) is 0.473. The summed E-state index contributed by atoms with van der Waals surface area (Å²) in [5, 5.41) is 8.64. The van der Waals surface area contributed by atoms with Crippen molar-refractivity contribution >= 4 is 17.5 Å². The first kappa shape index (κ1) is 20.5. The smallest absolute Gasteiger partial charge is 0.225 e. The number of likely N-dealkylation sites (N-methyl/N-ethyl adjacent to an activating group) is 1. The molecule has 144 valence electrons. The van der Waals surface area contributed by atoms with Gasteiger partial charge in [0.25, 0.3) is 0 Å². The number of piperazine rings is 1. The largest absolute Gasteiger partial charge is 0.389 e. The van der Waals surface area contributed by atoms with Crippen LogP contribution in [0.25, 0.3) is 0 Å². The van der Waals surface area contributed by atoms with E-state index in [0.717, 1.165) is 58.3 Å². The number of aliphatic hydroxyl groups is 1. The number of unbranched alkanes of at least 4 members (excludes halogenated alkanes) is 4. The maximum absolute atomic E-state index is 12.2. The van der Waals surface area contributed by atoms with Crippen molar-refractivity contribution in [2.75, 3.05) is 44.7 Å². The van der Waals surface area contributed by atoms with Crippen LogP contribution in [-0.4, -0.2) is 71.4 Å². The number of nitrogens with zero attached hydrogens (tertiary/aromatic N) is 4. The number of anilines is 1. The maximum Gasteiger partial charge on any atom is 0.225 e. The summed E-state index contributed by atoms with van der Waals surface area (Å²) in [6.07, 6.45) is 8.83. The molecule has 7 nitrogen and oxygen atoms in total. The number of ketones is 2. The zero-order valence-electron chi connectivity index (χ0n) is 15.7. The highest BCUT2D eigenvalue weighted by atomic mass is 16.3. The molecule has 0 unspecified atom stereocenters. The van der Waals surface area contributed by atoms with Gasteiger partial charge in [0, 0.05) is 51.4 Å². The monoisotopic (exact) mass is 362 g/mol. The van der Waals surface area contributed by atoms with Gasteiger partial charge in [0.2, 0.25) is 5.95 Å². The lowest BCUT2D eigenvalue weighted by Gasteiger charge is -2.32. The van der Waals surface area contributed by atoms with Crippen LogP contribution in [-0.2, 0) is 4.79 Å². The molecular weight excluding hydrogens is 332 g/mol. The van der Waals surface area contributed by atoms with E-state index in [1.165, 1.54) is 0 Å². The van der Waals surface area contributed by atoms with Gasteiger partial charge in [0.05, 0.1) is 5.56 Å². The normalized spacial score (nSPS) is 15.2.